The first-order valence-electron chi connectivity index (χ1n) is 10.1. The Morgan fingerprint density at radius 2 is 1.93 bits per heavy atom. The molecule has 2 atom stereocenters. The van der Waals surface area contributed by atoms with Crippen molar-refractivity contribution in [2.45, 2.75) is 25.7 Å². The molecule has 0 bridgehead atoms. The van der Waals surface area contributed by atoms with E-state index in [9.17, 15) is 4.79 Å². The lowest BCUT2D eigenvalue weighted by molar-refractivity contribution is -0.124. The maximum absolute atomic E-state index is 12.1. The number of hydrogen-bond donors (Lipinski definition) is 1. The van der Waals surface area contributed by atoms with Gasteiger partial charge in [-0.3, -0.25) is 4.79 Å². The minimum absolute atomic E-state index is 0.0414. The fourth-order valence-corrected chi connectivity index (χ4v) is 5.06. The molecule has 146 valence electrons. The maximum Gasteiger partial charge on any atom is 0.298 e. The third kappa shape index (κ3) is 2.92. The van der Waals surface area contributed by atoms with Crippen molar-refractivity contribution in [3.8, 4) is 11.8 Å². The van der Waals surface area contributed by atoms with Crippen LogP contribution in [0.1, 0.15) is 31.2 Å². The lowest BCUT2D eigenvalue weighted by atomic mass is 9.92. The fraction of sp³-hybridized carbons (Fsp3) is 0.571. The van der Waals surface area contributed by atoms with Gasteiger partial charge in [0.25, 0.3) is 5.91 Å². The molecule has 2 unspecified atom stereocenters. The number of aromatic nitrogens is 3. The summed E-state index contributed by atoms with van der Waals surface area (Å²) in [5.74, 6) is 7.85. The van der Waals surface area contributed by atoms with Crippen molar-refractivity contribution < 1.29 is 9.53 Å². The van der Waals surface area contributed by atoms with Crippen LogP contribution in [-0.2, 0) is 9.53 Å². The van der Waals surface area contributed by atoms with Gasteiger partial charge < -0.3 is 19.5 Å². The van der Waals surface area contributed by atoms with Gasteiger partial charge in [0.2, 0.25) is 0 Å². The predicted molar refractivity (Wildman–Crippen MR) is 106 cm³/mol. The third-order valence-electron chi connectivity index (χ3n) is 6.45. The van der Waals surface area contributed by atoms with Gasteiger partial charge in [-0.15, -0.1) is 0 Å². The second-order valence-corrected chi connectivity index (χ2v) is 8.06. The molecule has 7 nitrogen and oxygen atoms in total. The predicted octanol–water partition coefficient (Wildman–Crippen LogP) is 1.77. The number of nitrogens with zero attached hydrogens (tertiary/aromatic N) is 4. The van der Waals surface area contributed by atoms with Gasteiger partial charge in [-0.05, 0) is 37.2 Å². The van der Waals surface area contributed by atoms with E-state index in [1.165, 1.54) is 10.9 Å². The summed E-state index contributed by atoms with van der Waals surface area (Å²) < 4.78 is 5.54. The van der Waals surface area contributed by atoms with Crippen molar-refractivity contribution in [1.29, 1.82) is 0 Å². The van der Waals surface area contributed by atoms with E-state index in [0.717, 1.165) is 63.7 Å². The number of amides is 1. The number of H-pyrrole nitrogens is 1. The Labute approximate surface area is 164 Å². The van der Waals surface area contributed by atoms with Gasteiger partial charge in [-0.25, -0.2) is 9.97 Å². The number of aromatic amines is 1. The number of hydrogen-bond acceptors (Lipinski definition) is 5. The molecule has 1 N–H and O–H groups in total. The normalized spacial score (nSPS) is 25.0. The Hall–Kier alpha value is -2.59. The summed E-state index contributed by atoms with van der Waals surface area (Å²) in [7, 11) is 0. The Bertz CT molecular complexity index is 939. The molecule has 0 aromatic carbocycles. The molecule has 1 amide bonds. The first kappa shape index (κ1) is 17.5. The quantitative estimate of drug-likeness (QED) is 0.805. The Kier molecular flexibility index (Phi) is 4.44. The number of anilines is 1. The van der Waals surface area contributed by atoms with Gasteiger partial charge in [0.1, 0.15) is 17.8 Å². The lowest BCUT2D eigenvalue weighted by Crippen LogP contribution is -2.32. The van der Waals surface area contributed by atoms with Crippen LogP contribution in [0.3, 0.4) is 0 Å². The van der Waals surface area contributed by atoms with E-state index < -0.39 is 0 Å². The standard InChI is InChI=1S/C21H25N5O2/c1-2-3-18(27)25-9-15-11-26(12-16(15)10-25)21-19-17(14-4-6-28-7-5-14)8-22-20(19)23-13-24-21/h8,13-16H,4-7,9-12H2,1H3,(H,22,23,24). The largest absolute Gasteiger partial charge is 0.381 e. The highest BCUT2D eigenvalue weighted by Gasteiger charge is 2.42. The third-order valence-corrected chi connectivity index (χ3v) is 6.45. The van der Waals surface area contributed by atoms with Crippen LogP contribution in [-0.4, -0.2) is 65.2 Å². The van der Waals surface area contributed by atoms with E-state index in [4.69, 9.17) is 4.74 Å². The Balaban J connectivity index is 1.40. The highest BCUT2D eigenvalue weighted by Crippen LogP contribution is 2.39. The fourth-order valence-electron chi connectivity index (χ4n) is 5.06. The summed E-state index contributed by atoms with van der Waals surface area (Å²) in [5.41, 5.74) is 2.24. The molecule has 0 aliphatic carbocycles. The molecule has 0 radical (unpaired) electrons. The van der Waals surface area contributed by atoms with Gasteiger partial charge >= 0.3 is 0 Å². The molecule has 2 aromatic rings. The van der Waals surface area contributed by atoms with E-state index >= 15 is 0 Å². The number of rotatable bonds is 2. The lowest BCUT2D eigenvalue weighted by Gasteiger charge is -2.25. The van der Waals surface area contributed by atoms with E-state index in [2.05, 4.69) is 37.9 Å². The molecule has 28 heavy (non-hydrogen) atoms. The number of likely N-dealkylation sites (tertiary alicyclic amines) is 1. The molecule has 7 heteroatoms. The number of fused-ring (bicyclic) bond motifs is 2. The number of ether oxygens (including phenoxy) is 1. The van der Waals surface area contributed by atoms with Crippen LogP contribution in [0, 0.1) is 23.7 Å². The zero-order valence-electron chi connectivity index (χ0n) is 16.1. The van der Waals surface area contributed by atoms with E-state index in [0.29, 0.717) is 17.8 Å². The molecule has 5 rings (SSSR count). The second kappa shape index (κ2) is 7.10. The highest BCUT2D eigenvalue weighted by molar-refractivity contribution is 5.94. The van der Waals surface area contributed by atoms with Crippen molar-refractivity contribution in [3.05, 3.63) is 18.1 Å². The molecular formula is C21H25N5O2. The van der Waals surface area contributed by atoms with Crippen LogP contribution in [0.15, 0.2) is 12.5 Å². The van der Waals surface area contributed by atoms with Crippen molar-refractivity contribution in [2.24, 2.45) is 11.8 Å². The summed E-state index contributed by atoms with van der Waals surface area (Å²) in [6.07, 6.45) is 5.85. The Morgan fingerprint density at radius 1 is 1.18 bits per heavy atom. The topological polar surface area (TPSA) is 74.4 Å². The van der Waals surface area contributed by atoms with Gasteiger partial charge in [0.05, 0.1) is 5.39 Å². The molecule has 0 spiro atoms. The van der Waals surface area contributed by atoms with Crippen molar-refractivity contribution in [3.63, 3.8) is 0 Å². The van der Waals surface area contributed by atoms with Crippen molar-refractivity contribution in [2.75, 3.05) is 44.3 Å². The van der Waals surface area contributed by atoms with Gasteiger partial charge in [-0.1, -0.05) is 5.92 Å². The number of carbonyl (C=O) groups is 1. The molecule has 3 fully saturated rings. The number of carbonyl (C=O) groups excluding carboxylic acids is 1. The van der Waals surface area contributed by atoms with E-state index in [1.807, 2.05) is 4.90 Å². The second-order valence-electron chi connectivity index (χ2n) is 8.06. The molecule has 5 heterocycles. The van der Waals surface area contributed by atoms with Crippen molar-refractivity contribution >= 4 is 22.8 Å². The SMILES string of the molecule is CC#CC(=O)N1CC2CN(c3ncnc4[nH]cc(C5CCOCC5)c34)CC2C1. The number of nitrogens with one attached hydrogen (secondary N) is 1. The summed E-state index contributed by atoms with van der Waals surface area (Å²) in [6.45, 7) is 6.80. The summed E-state index contributed by atoms with van der Waals surface area (Å²) in [4.78, 5) is 28.9. The van der Waals surface area contributed by atoms with Crippen molar-refractivity contribution in [1.82, 2.24) is 19.9 Å². The Morgan fingerprint density at radius 3 is 2.64 bits per heavy atom. The first-order valence-corrected chi connectivity index (χ1v) is 10.1. The van der Waals surface area contributed by atoms with E-state index in [1.54, 1.807) is 13.3 Å². The average Bonchev–Trinajstić information content (AvgIpc) is 3.41. The minimum atomic E-state index is -0.0414. The van der Waals surface area contributed by atoms with Crippen LogP contribution in [0.2, 0.25) is 0 Å². The maximum atomic E-state index is 12.1. The molecule has 0 saturated carbocycles. The summed E-state index contributed by atoms with van der Waals surface area (Å²) in [5, 5.41) is 1.17. The average molecular weight is 379 g/mol. The zero-order valence-corrected chi connectivity index (χ0v) is 16.1. The molecule has 3 aliphatic heterocycles. The zero-order chi connectivity index (χ0) is 19.1. The van der Waals surface area contributed by atoms with Crippen LogP contribution in [0.25, 0.3) is 11.0 Å². The smallest absolute Gasteiger partial charge is 0.298 e. The van der Waals surface area contributed by atoms with Gasteiger partial charge in [-0.2, -0.15) is 0 Å². The monoisotopic (exact) mass is 379 g/mol. The van der Waals surface area contributed by atoms with Gasteiger partial charge in [0.15, 0.2) is 0 Å². The molecule has 3 aliphatic rings. The van der Waals surface area contributed by atoms with E-state index in [-0.39, 0.29) is 5.91 Å². The van der Waals surface area contributed by atoms with Crippen LogP contribution in [0.4, 0.5) is 5.82 Å². The summed E-state index contributed by atoms with van der Waals surface area (Å²) >= 11 is 0. The first-order chi connectivity index (χ1) is 13.7. The molecule has 2 aromatic heterocycles. The molecular weight excluding hydrogens is 354 g/mol. The van der Waals surface area contributed by atoms with Gasteiger partial charge in [0, 0.05) is 57.4 Å². The van der Waals surface area contributed by atoms with Crippen LogP contribution < -0.4 is 4.90 Å². The highest BCUT2D eigenvalue weighted by atomic mass is 16.5. The molecule has 3 saturated heterocycles. The minimum Gasteiger partial charge on any atom is -0.381 e. The van der Waals surface area contributed by atoms with Crippen LogP contribution in [0.5, 0.6) is 0 Å². The van der Waals surface area contributed by atoms with Crippen LogP contribution >= 0.6 is 0 Å². The summed E-state index contributed by atoms with van der Waals surface area (Å²) in [6, 6.07) is 0.